The fraction of sp³-hybridized carbons (Fsp3) is 0.500. The van der Waals surface area contributed by atoms with Gasteiger partial charge in [-0.3, -0.25) is 0 Å². The van der Waals surface area contributed by atoms with Crippen molar-refractivity contribution in [1.82, 2.24) is 0 Å². The van der Waals surface area contributed by atoms with Crippen LogP contribution in [0, 0.1) is 11.7 Å². The molecule has 18 heavy (non-hydrogen) atoms. The molecule has 1 N–H and O–H groups in total. The topological polar surface area (TPSA) is 40.5 Å². The van der Waals surface area contributed by atoms with Gasteiger partial charge in [-0.1, -0.05) is 13.8 Å². The van der Waals surface area contributed by atoms with Crippen molar-refractivity contribution in [3.05, 3.63) is 29.6 Å². The number of anilines is 1. The summed E-state index contributed by atoms with van der Waals surface area (Å²) in [5.41, 5.74) is 0.438. The van der Waals surface area contributed by atoms with Crippen molar-refractivity contribution in [2.75, 3.05) is 11.4 Å². The zero-order valence-electron chi connectivity index (χ0n) is 11.3. The van der Waals surface area contributed by atoms with Crippen LogP contribution >= 0.6 is 0 Å². The van der Waals surface area contributed by atoms with E-state index >= 15 is 0 Å². The third-order valence-corrected chi connectivity index (χ3v) is 2.70. The molecule has 0 bridgehead atoms. The number of carboxylic acid groups (broad SMARTS) is 1. The van der Waals surface area contributed by atoms with Crippen LogP contribution in [-0.2, 0) is 0 Å². The van der Waals surface area contributed by atoms with Crippen molar-refractivity contribution in [2.24, 2.45) is 5.92 Å². The summed E-state index contributed by atoms with van der Waals surface area (Å²) >= 11 is 0. The molecule has 3 nitrogen and oxygen atoms in total. The Hall–Kier alpha value is -1.58. The van der Waals surface area contributed by atoms with Gasteiger partial charge in [0.05, 0.1) is 5.56 Å². The highest BCUT2D eigenvalue weighted by Crippen LogP contribution is 2.22. The van der Waals surface area contributed by atoms with Gasteiger partial charge in [0.25, 0.3) is 0 Å². The highest BCUT2D eigenvalue weighted by Gasteiger charge is 2.16. The van der Waals surface area contributed by atoms with Crippen molar-refractivity contribution >= 4 is 11.7 Å². The van der Waals surface area contributed by atoms with E-state index in [1.807, 2.05) is 13.8 Å². The lowest BCUT2D eigenvalue weighted by Crippen LogP contribution is -2.34. The van der Waals surface area contributed by atoms with E-state index in [1.54, 1.807) is 6.07 Å². The molecular formula is C14H20FNO2. The number of halogens is 1. The van der Waals surface area contributed by atoms with Gasteiger partial charge >= 0.3 is 5.97 Å². The SMILES string of the molecule is CC(C)CN(c1ccc(C(=O)O)c(F)c1)C(C)C. The largest absolute Gasteiger partial charge is 0.478 e. The number of benzene rings is 1. The van der Waals surface area contributed by atoms with E-state index in [-0.39, 0.29) is 11.6 Å². The summed E-state index contributed by atoms with van der Waals surface area (Å²) in [6, 6.07) is 4.52. The summed E-state index contributed by atoms with van der Waals surface area (Å²) in [5, 5.41) is 8.80. The average Bonchev–Trinajstić information content (AvgIpc) is 2.24. The third-order valence-electron chi connectivity index (χ3n) is 2.70. The molecule has 0 saturated heterocycles. The molecule has 0 aliphatic heterocycles. The first-order chi connectivity index (χ1) is 8.32. The van der Waals surface area contributed by atoms with Crippen LogP contribution in [-0.4, -0.2) is 23.7 Å². The van der Waals surface area contributed by atoms with Gasteiger partial charge in [0.1, 0.15) is 5.82 Å². The number of hydrogen-bond donors (Lipinski definition) is 1. The Morgan fingerprint density at radius 3 is 2.33 bits per heavy atom. The highest BCUT2D eigenvalue weighted by molar-refractivity contribution is 5.88. The second-order valence-corrected chi connectivity index (χ2v) is 5.11. The van der Waals surface area contributed by atoms with E-state index in [2.05, 4.69) is 18.7 Å². The zero-order valence-corrected chi connectivity index (χ0v) is 11.3. The van der Waals surface area contributed by atoms with Gasteiger partial charge in [-0.15, -0.1) is 0 Å². The predicted molar refractivity (Wildman–Crippen MR) is 70.7 cm³/mol. The van der Waals surface area contributed by atoms with Gasteiger partial charge in [0.2, 0.25) is 0 Å². The van der Waals surface area contributed by atoms with Crippen LogP contribution in [0.25, 0.3) is 0 Å². The molecule has 0 aromatic heterocycles. The van der Waals surface area contributed by atoms with Crippen molar-refractivity contribution < 1.29 is 14.3 Å². The number of carbonyl (C=O) groups is 1. The highest BCUT2D eigenvalue weighted by atomic mass is 19.1. The lowest BCUT2D eigenvalue weighted by atomic mass is 10.1. The van der Waals surface area contributed by atoms with Crippen LogP contribution in [0.15, 0.2) is 18.2 Å². The molecule has 0 heterocycles. The molecular weight excluding hydrogens is 233 g/mol. The van der Waals surface area contributed by atoms with E-state index < -0.39 is 11.8 Å². The maximum atomic E-state index is 13.7. The van der Waals surface area contributed by atoms with Crippen molar-refractivity contribution in [2.45, 2.75) is 33.7 Å². The van der Waals surface area contributed by atoms with Gasteiger partial charge < -0.3 is 10.0 Å². The van der Waals surface area contributed by atoms with Crippen molar-refractivity contribution in [3.63, 3.8) is 0 Å². The third kappa shape index (κ3) is 3.45. The van der Waals surface area contributed by atoms with Crippen LogP contribution < -0.4 is 4.90 Å². The first-order valence-electron chi connectivity index (χ1n) is 6.12. The molecule has 1 aromatic carbocycles. The molecule has 0 radical (unpaired) electrons. The van der Waals surface area contributed by atoms with E-state index in [0.717, 1.165) is 12.2 Å². The Morgan fingerprint density at radius 1 is 1.33 bits per heavy atom. The number of rotatable bonds is 5. The van der Waals surface area contributed by atoms with E-state index in [9.17, 15) is 9.18 Å². The number of aromatic carboxylic acids is 1. The van der Waals surface area contributed by atoms with Gasteiger partial charge in [-0.05, 0) is 38.0 Å². The maximum Gasteiger partial charge on any atom is 0.338 e. The molecule has 4 heteroatoms. The average molecular weight is 253 g/mol. The monoisotopic (exact) mass is 253 g/mol. The van der Waals surface area contributed by atoms with E-state index in [0.29, 0.717) is 5.92 Å². The fourth-order valence-electron chi connectivity index (χ4n) is 1.86. The van der Waals surface area contributed by atoms with Gasteiger partial charge in [-0.2, -0.15) is 0 Å². The molecule has 0 spiro atoms. The molecule has 0 fully saturated rings. The maximum absolute atomic E-state index is 13.7. The Balaban J connectivity index is 3.07. The molecule has 1 aromatic rings. The summed E-state index contributed by atoms with van der Waals surface area (Å²) in [6.07, 6.45) is 0. The summed E-state index contributed by atoms with van der Waals surface area (Å²) < 4.78 is 13.7. The quantitative estimate of drug-likeness (QED) is 0.874. The van der Waals surface area contributed by atoms with Crippen molar-refractivity contribution in [3.8, 4) is 0 Å². The minimum atomic E-state index is -1.24. The normalized spacial score (nSPS) is 11.1. The van der Waals surface area contributed by atoms with Crippen LogP contribution in [0.4, 0.5) is 10.1 Å². The molecule has 0 aliphatic carbocycles. The second-order valence-electron chi connectivity index (χ2n) is 5.11. The molecule has 0 aliphatic rings. The zero-order chi connectivity index (χ0) is 13.9. The minimum absolute atomic E-state index is 0.238. The number of carboxylic acids is 1. The molecule has 0 atom stereocenters. The van der Waals surface area contributed by atoms with Gasteiger partial charge in [0.15, 0.2) is 0 Å². The molecule has 1 rings (SSSR count). The first-order valence-corrected chi connectivity index (χ1v) is 6.12. The summed E-state index contributed by atoms with van der Waals surface area (Å²) in [4.78, 5) is 12.8. The lowest BCUT2D eigenvalue weighted by molar-refractivity contribution is 0.0692. The number of hydrogen-bond acceptors (Lipinski definition) is 2. The van der Waals surface area contributed by atoms with Gasteiger partial charge in [0, 0.05) is 18.3 Å². The van der Waals surface area contributed by atoms with E-state index in [1.165, 1.54) is 12.1 Å². The standard InChI is InChI=1S/C14H20FNO2/c1-9(2)8-16(10(3)4)11-5-6-12(14(17)18)13(15)7-11/h5-7,9-10H,8H2,1-4H3,(H,17,18). The summed E-state index contributed by atoms with van der Waals surface area (Å²) in [7, 11) is 0. The van der Waals surface area contributed by atoms with Crippen LogP contribution in [0.3, 0.4) is 0 Å². The lowest BCUT2D eigenvalue weighted by Gasteiger charge is -2.30. The van der Waals surface area contributed by atoms with Gasteiger partial charge in [-0.25, -0.2) is 9.18 Å². The molecule has 0 saturated carbocycles. The van der Waals surface area contributed by atoms with Crippen LogP contribution in [0.1, 0.15) is 38.1 Å². The Labute approximate surface area is 107 Å². The summed E-state index contributed by atoms with van der Waals surface area (Å²) in [6.45, 7) is 9.06. The van der Waals surface area contributed by atoms with Crippen LogP contribution in [0.5, 0.6) is 0 Å². The second kappa shape index (κ2) is 5.85. The number of nitrogens with zero attached hydrogens (tertiary/aromatic N) is 1. The van der Waals surface area contributed by atoms with Crippen LogP contribution in [0.2, 0.25) is 0 Å². The van der Waals surface area contributed by atoms with E-state index in [4.69, 9.17) is 5.11 Å². The Morgan fingerprint density at radius 2 is 1.94 bits per heavy atom. The predicted octanol–water partition coefficient (Wildman–Crippen LogP) is 3.39. The minimum Gasteiger partial charge on any atom is -0.478 e. The van der Waals surface area contributed by atoms with Crippen molar-refractivity contribution in [1.29, 1.82) is 0 Å². The molecule has 100 valence electrons. The smallest absolute Gasteiger partial charge is 0.338 e. The first kappa shape index (κ1) is 14.5. The Kier molecular flexibility index (Phi) is 4.70. The Bertz CT molecular complexity index is 430. The molecule has 0 unspecified atom stereocenters. The fourth-order valence-corrected chi connectivity index (χ4v) is 1.86. The molecule has 0 amide bonds. The summed E-state index contributed by atoms with van der Waals surface area (Å²) in [5.74, 6) is -1.47.